The average molecular weight is 878 g/mol. The maximum atomic E-state index is 12.8. The van der Waals surface area contributed by atoms with E-state index in [1.807, 2.05) is 47.7 Å². The number of nitrogens with one attached hydrogen (secondary N) is 6. The molecule has 3 amide bonds. The Morgan fingerprint density at radius 1 is 0.758 bits per heavy atom. The Balaban J connectivity index is 0.000000176. The van der Waals surface area contributed by atoms with Gasteiger partial charge in [-0.3, -0.25) is 14.4 Å². The fourth-order valence-electron chi connectivity index (χ4n) is 6.43. The molecule has 7 N–H and O–H groups in total. The van der Waals surface area contributed by atoms with Gasteiger partial charge in [-0.05, 0) is 66.3 Å². The summed E-state index contributed by atoms with van der Waals surface area (Å²) < 4.78 is 8.26. The van der Waals surface area contributed by atoms with Crippen LogP contribution in [0.25, 0.3) is 11.3 Å². The van der Waals surface area contributed by atoms with E-state index >= 15 is 0 Å². The Morgan fingerprint density at radius 3 is 1.85 bits per heavy atom. The van der Waals surface area contributed by atoms with Gasteiger partial charge in [-0.1, -0.05) is 12.1 Å². The second-order valence-electron chi connectivity index (χ2n) is 14.5. The maximum Gasteiger partial charge on any atom is 0.348 e. The number of imidazole rings is 2. The summed E-state index contributed by atoms with van der Waals surface area (Å²) in [6.07, 6.45) is 6.98. The molecule has 1 aromatic carbocycles. The Kier molecular flexibility index (Phi) is 11.9. The van der Waals surface area contributed by atoms with Crippen LogP contribution in [0.1, 0.15) is 71.6 Å². The largest absolute Gasteiger partial charge is 0.497 e. The molecule has 0 spiro atoms. The van der Waals surface area contributed by atoms with Crippen LogP contribution in [0, 0.1) is 0 Å². The maximum absolute atomic E-state index is 12.8. The quantitative estimate of drug-likeness (QED) is 0.0665. The van der Waals surface area contributed by atoms with Crippen LogP contribution in [0.2, 0.25) is 0 Å². The number of hydrogen-bond donors (Lipinski definition) is 7. The van der Waals surface area contributed by atoms with Crippen molar-refractivity contribution in [1.29, 1.82) is 0 Å². The summed E-state index contributed by atoms with van der Waals surface area (Å²) in [5.41, 5.74) is 5.36. The molecule has 0 radical (unpaired) electrons. The number of nitrogens with zero attached hydrogens (tertiary/aromatic N) is 7. The number of hydrogen-bond acceptors (Lipinski definition) is 15. The third-order valence-electron chi connectivity index (χ3n) is 9.95. The minimum Gasteiger partial charge on any atom is -0.497 e. The van der Waals surface area contributed by atoms with Gasteiger partial charge in [-0.15, -0.1) is 32.9 Å². The molecule has 2 fully saturated rings. The van der Waals surface area contributed by atoms with E-state index in [1.54, 1.807) is 44.8 Å². The summed E-state index contributed by atoms with van der Waals surface area (Å²) in [6.45, 7) is 0.568. The van der Waals surface area contributed by atoms with Gasteiger partial charge in [-0.25, -0.2) is 23.8 Å². The molecule has 0 bridgehead atoms. The molecule has 7 aromatic rings. The van der Waals surface area contributed by atoms with E-state index in [0.717, 1.165) is 59.7 Å². The lowest BCUT2D eigenvalue weighted by Crippen LogP contribution is -2.27. The number of ether oxygens (including phenoxy) is 1. The van der Waals surface area contributed by atoms with Crippen LogP contribution < -0.4 is 41.5 Å². The van der Waals surface area contributed by atoms with Crippen molar-refractivity contribution in [2.75, 3.05) is 49.1 Å². The van der Waals surface area contributed by atoms with Crippen LogP contribution in [0.4, 0.5) is 34.4 Å². The topological polar surface area (TPSA) is 234 Å². The van der Waals surface area contributed by atoms with E-state index in [-0.39, 0.29) is 34.7 Å². The predicted molar refractivity (Wildman–Crippen MR) is 237 cm³/mol. The molecule has 0 unspecified atom stereocenters. The molecule has 0 aliphatic heterocycles. The lowest BCUT2D eigenvalue weighted by Gasteiger charge is -2.21. The molecule has 2 aliphatic carbocycles. The summed E-state index contributed by atoms with van der Waals surface area (Å²) in [6, 6.07) is 15.3. The number of rotatable bonds is 15. The van der Waals surface area contributed by atoms with Gasteiger partial charge in [0, 0.05) is 51.9 Å². The van der Waals surface area contributed by atoms with Crippen LogP contribution in [0.5, 0.6) is 5.75 Å². The summed E-state index contributed by atoms with van der Waals surface area (Å²) in [4.78, 5) is 60.5. The van der Waals surface area contributed by atoms with E-state index in [1.165, 1.54) is 32.8 Å². The van der Waals surface area contributed by atoms with Crippen molar-refractivity contribution in [2.24, 2.45) is 0 Å². The van der Waals surface area contributed by atoms with E-state index in [0.29, 0.717) is 57.1 Å². The lowest BCUT2D eigenvalue weighted by molar-refractivity contribution is 0.0702. The minimum atomic E-state index is -1.02. The molecule has 9 rings (SSSR count). The van der Waals surface area contributed by atoms with Gasteiger partial charge >= 0.3 is 5.97 Å². The molecule has 0 atom stereocenters. The first-order chi connectivity index (χ1) is 30.0. The van der Waals surface area contributed by atoms with Gasteiger partial charge < -0.3 is 46.6 Å². The second kappa shape index (κ2) is 17.8. The molecule has 0 saturated heterocycles. The molecule has 6 aromatic heterocycles. The first kappa shape index (κ1) is 41.5. The molecular formula is C41H43N13O6S2. The van der Waals surface area contributed by atoms with Gasteiger partial charge in [0.1, 0.15) is 15.5 Å². The highest BCUT2D eigenvalue weighted by molar-refractivity contribution is 7.13. The van der Waals surface area contributed by atoms with Crippen molar-refractivity contribution < 1.29 is 29.0 Å². The van der Waals surface area contributed by atoms with Gasteiger partial charge in [0.25, 0.3) is 17.7 Å². The van der Waals surface area contributed by atoms with Crippen LogP contribution >= 0.6 is 22.7 Å². The second-order valence-corrected chi connectivity index (χ2v) is 16.4. The Morgan fingerprint density at radius 2 is 1.31 bits per heavy atom. The fraction of sp³-hybridized carbons (Fsp3) is 0.268. The van der Waals surface area contributed by atoms with Gasteiger partial charge in [0.2, 0.25) is 0 Å². The number of aromatic nitrogens is 6. The number of methoxy groups -OCH3 is 1. The SMILES string of the molecule is CNC(=O)c1sccc1Nc1cc(NC)c2ncc(C(=O)NC3CC3)n2n1.COc1ccc(CN(C)c2cc(Nc3ccsc3C(=O)O)nn3c(C(=O)NC4CC4)cnc23)cc1. The van der Waals surface area contributed by atoms with Crippen molar-refractivity contribution in [3.63, 3.8) is 0 Å². The molecule has 19 nitrogen and oxygen atoms in total. The van der Waals surface area contributed by atoms with E-state index in [2.05, 4.69) is 52.1 Å². The van der Waals surface area contributed by atoms with E-state index < -0.39 is 5.97 Å². The van der Waals surface area contributed by atoms with Crippen molar-refractivity contribution in [2.45, 2.75) is 44.3 Å². The van der Waals surface area contributed by atoms with Crippen LogP contribution in [-0.2, 0) is 6.54 Å². The summed E-state index contributed by atoms with van der Waals surface area (Å²) in [5.74, 6) is 0.0386. The smallest absolute Gasteiger partial charge is 0.348 e. The highest BCUT2D eigenvalue weighted by Gasteiger charge is 2.28. The molecule has 2 saturated carbocycles. The zero-order chi connectivity index (χ0) is 43.5. The highest BCUT2D eigenvalue weighted by atomic mass is 32.1. The van der Waals surface area contributed by atoms with Gasteiger partial charge in [-0.2, -0.15) is 0 Å². The fourth-order valence-corrected chi connectivity index (χ4v) is 7.91. The number of aromatic carboxylic acids is 1. The number of carboxylic acids is 1. The van der Waals surface area contributed by atoms with E-state index in [4.69, 9.17) is 4.74 Å². The number of carboxylic acid groups (broad SMARTS) is 1. The molecule has 320 valence electrons. The first-order valence-electron chi connectivity index (χ1n) is 19.6. The Labute approximate surface area is 362 Å². The standard InChI is InChI=1S/C24H24N6O4S.C17H19N7O2S/c1-29(13-14-3-7-16(34-2)8-4-14)18-11-20(27-17-9-10-35-21(17)24(32)33)28-30-19(12-25-22(18)30)23(31)26-15-5-6-15;1-18-11-7-13(22-10-5-6-27-14(10)17(26)19-2)23-24-12(8-20-15(11)24)16(25)21-9-3-4-9/h3-4,7-12,15H,5-6,13H2,1-2H3,(H,26,31)(H,27,28)(H,32,33);5-9,18H,3-4H2,1-2H3,(H,19,26)(H,21,25)(H,22,23). The summed E-state index contributed by atoms with van der Waals surface area (Å²) in [5, 5.41) is 40.0. The van der Waals surface area contributed by atoms with Crippen LogP contribution in [0.3, 0.4) is 0 Å². The van der Waals surface area contributed by atoms with Crippen LogP contribution in [-0.4, -0.2) is 98.3 Å². The number of thiophene rings is 2. The van der Waals surface area contributed by atoms with Crippen molar-refractivity contribution in [3.8, 4) is 5.75 Å². The van der Waals surface area contributed by atoms with Gasteiger partial charge in [0.15, 0.2) is 34.3 Å². The number of carbonyl (C=O) groups excluding carboxylic acids is 3. The van der Waals surface area contributed by atoms with Gasteiger partial charge in [0.05, 0.1) is 42.3 Å². The molecule has 62 heavy (non-hydrogen) atoms. The predicted octanol–water partition coefficient (Wildman–Crippen LogP) is 5.60. The molecule has 21 heteroatoms. The number of amides is 3. The number of benzene rings is 1. The Hall–Kier alpha value is -7.26. The van der Waals surface area contributed by atoms with Crippen LogP contribution in [0.15, 0.2) is 71.7 Å². The molecule has 2 aliphatic rings. The Bertz CT molecular complexity index is 2790. The third-order valence-corrected chi connectivity index (χ3v) is 11.8. The zero-order valence-electron chi connectivity index (χ0n) is 34.1. The normalized spacial score (nSPS) is 13.2. The third kappa shape index (κ3) is 9.07. The molecule has 6 heterocycles. The monoisotopic (exact) mass is 877 g/mol. The summed E-state index contributed by atoms with van der Waals surface area (Å²) in [7, 11) is 6.92. The highest BCUT2D eigenvalue weighted by Crippen LogP contribution is 2.31. The van der Waals surface area contributed by atoms with Crippen molar-refractivity contribution in [3.05, 3.63) is 98.4 Å². The average Bonchev–Trinajstić information content (AvgIpc) is 4.00. The summed E-state index contributed by atoms with van der Waals surface area (Å²) >= 11 is 2.46. The first-order valence-corrected chi connectivity index (χ1v) is 21.3. The molecular weight excluding hydrogens is 835 g/mol. The number of fused-ring (bicyclic) bond motifs is 2. The minimum absolute atomic E-state index is 0.172. The number of anilines is 6. The van der Waals surface area contributed by atoms with Crippen molar-refractivity contribution >= 4 is 92.0 Å². The lowest BCUT2D eigenvalue weighted by atomic mass is 10.2. The van der Waals surface area contributed by atoms with E-state index in [9.17, 15) is 24.3 Å². The zero-order valence-corrected chi connectivity index (χ0v) is 35.7. The van der Waals surface area contributed by atoms with Crippen molar-refractivity contribution in [1.82, 2.24) is 45.1 Å². The number of carbonyl (C=O) groups is 4.